The summed E-state index contributed by atoms with van der Waals surface area (Å²) in [5.74, 6) is -0.0374. The molecule has 0 spiro atoms. The zero-order valence-corrected chi connectivity index (χ0v) is 11.1. The lowest BCUT2D eigenvalue weighted by molar-refractivity contribution is -0.121. The Morgan fingerprint density at radius 2 is 2.11 bits per heavy atom. The second-order valence-electron chi connectivity index (χ2n) is 5.43. The Morgan fingerprint density at radius 1 is 1.39 bits per heavy atom. The topological polar surface area (TPSA) is 55.1 Å². The van der Waals surface area contributed by atoms with E-state index in [1.165, 1.54) is 11.1 Å². The maximum atomic E-state index is 11.5. The number of primary amides is 1. The number of benzene rings is 1. The number of hydrogen-bond acceptors (Lipinski definition) is 2. The van der Waals surface area contributed by atoms with Crippen molar-refractivity contribution in [1.82, 2.24) is 5.32 Å². The summed E-state index contributed by atoms with van der Waals surface area (Å²) in [6, 6.07) is 8.49. The molecule has 18 heavy (non-hydrogen) atoms. The number of nitrogens with two attached hydrogens (primary N) is 1. The summed E-state index contributed by atoms with van der Waals surface area (Å²) in [5.41, 5.74) is 8.20. The molecule has 0 aromatic heterocycles. The number of carbonyl (C=O) groups excluding carboxylic acids is 1. The van der Waals surface area contributed by atoms with Crippen molar-refractivity contribution in [3.8, 4) is 0 Å². The monoisotopic (exact) mass is 246 g/mol. The Balaban J connectivity index is 2.18. The Kier molecular flexibility index (Phi) is 4.02. The highest BCUT2D eigenvalue weighted by Crippen LogP contribution is 2.30. The zero-order valence-electron chi connectivity index (χ0n) is 11.1. The fraction of sp³-hybridized carbons (Fsp3) is 0.533. The summed E-state index contributed by atoms with van der Waals surface area (Å²) in [7, 11) is 0. The van der Waals surface area contributed by atoms with E-state index in [0.717, 1.165) is 19.3 Å². The maximum absolute atomic E-state index is 11.5. The van der Waals surface area contributed by atoms with E-state index in [-0.39, 0.29) is 23.9 Å². The number of nitrogens with one attached hydrogen (secondary N) is 1. The first-order valence-electron chi connectivity index (χ1n) is 6.72. The van der Waals surface area contributed by atoms with Gasteiger partial charge in [0, 0.05) is 6.04 Å². The summed E-state index contributed by atoms with van der Waals surface area (Å²) in [4.78, 5) is 11.5. The van der Waals surface area contributed by atoms with Crippen LogP contribution >= 0.6 is 0 Å². The van der Waals surface area contributed by atoms with E-state index >= 15 is 0 Å². The van der Waals surface area contributed by atoms with Crippen LogP contribution in [0, 0.1) is 5.92 Å². The first-order chi connectivity index (χ1) is 8.59. The van der Waals surface area contributed by atoms with Gasteiger partial charge in [-0.3, -0.25) is 10.1 Å². The maximum Gasteiger partial charge on any atom is 0.234 e. The highest BCUT2D eigenvalue weighted by molar-refractivity contribution is 5.80. The van der Waals surface area contributed by atoms with Crippen LogP contribution in [-0.4, -0.2) is 11.9 Å². The van der Waals surface area contributed by atoms with Crippen molar-refractivity contribution in [1.29, 1.82) is 0 Å². The highest BCUT2D eigenvalue weighted by Gasteiger charge is 2.26. The lowest BCUT2D eigenvalue weighted by Crippen LogP contribution is -2.47. The van der Waals surface area contributed by atoms with Gasteiger partial charge in [0.05, 0.1) is 6.04 Å². The van der Waals surface area contributed by atoms with Crippen LogP contribution in [0.1, 0.15) is 43.9 Å². The lowest BCUT2D eigenvalue weighted by atomic mass is 9.86. The quantitative estimate of drug-likeness (QED) is 0.855. The van der Waals surface area contributed by atoms with Gasteiger partial charge >= 0.3 is 0 Å². The number of carbonyl (C=O) groups is 1. The van der Waals surface area contributed by atoms with Crippen molar-refractivity contribution in [2.24, 2.45) is 11.7 Å². The minimum Gasteiger partial charge on any atom is -0.368 e. The fourth-order valence-corrected chi connectivity index (χ4v) is 2.75. The molecule has 3 N–H and O–H groups in total. The first kappa shape index (κ1) is 13.1. The molecule has 2 rings (SSSR count). The standard InChI is InChI=1S/C15H22N2O/c1-10(2)14(15(16)18)17-13-9-5-7-11-6-3-4-8-12(11)13/h3-4,6,8,10,13-14,17H,5,7,9H2,1-2H3,(H2,16,18). The summed E-state index contributed by atoms with van der Waals surface area (Å²) in [5, 5.41) is 3.44. The lowest BCUT2D eigenvalue weighted by Gasteiger charge is -2.31. The normalized spacial score (nSPS) is 20.5. The van der Waals surface area contributed by atoms with Gasteiger partial charge in [-0.2, -0.15) is 0 Å². The van der Waals surface area contributed by atoms with Crippen LogP contribution in [0.5, 0.6) is 0 Å². The number of fused-ring (bicyclic) bond motifs is 1. The van der Waals surface area contributed by atoms with Crippen molar-refractivity contribution in [3.63, 3.8) is 0 Å². The molecule has 98 valence electrons. The van der Waals surface area contributed by atoms with Gasteiger partial charge in [0.1, 0.15) is 0 Å². The van der Waals surface area contributed by atoms with E-state index in [9.17, 15) is 4.79 Å². The number of rotatable bonds is 4. The summed E-state index contributed by atoms with van der Waals surface area (Å²) in [6.45, 7) is 4.05. The predicted octanol–water partition coefficient (Wildman–Crippen LogP) is 2.16. The fourth-order valence-electron chi connectivity index (χ4n) is 2.75. The van der Waals surface area contributed by atoms with Crippen LogP contribution in [0.15, 0.2) is 24.3 Å². The predicted molar refractivity (Wildman–Crippen MR) is 73.1 cm³/mol. The number of amides is 1. The molecule has 0 bridgehead atoms. The molecule has 3 nitrogen and oxygen atoms in total. The minimum atomic E-state index is -0.256. The molecule has 1 amide bonds. The highest BCUT2D eigenvalue weighted by atomic mass is 16.1. The Morgan fingerprint density at radius 3 is 2.78 bits per heavy atom. The van der Waals surface area contributed by atoms with Gasteiger partial charge in [0.2, 0.25) is 5.91 Å². The van der Waals surface area contributed by atoms with Crippen LogP contribution < -0.4 is 11.1 Å². The van der Waals surface area contributed by atoms with Gasteiger partial charge in [-0.25, -0.2) is 0 Å². The van der Waals surface area contributed by atoms with Gasteiger partial charge in [-0.05, 0) is 36.3 Å². The molecule has 1 aliphatic carbocycles. The molecule has 3 heteroatoms. The largest absolute Gasteiger partial charge is 0.368 e. The average Bonchev–Trinajstić information content (AvgIpc) is 2.35. The molecule has 1 aromatic carbocycles. The minimum absolute atomic E-state index is 0.219. The van der Waals surface area contributed by atoms with Gasteiger partial charge in [-0.1, -0.05) is 38.1 Å². The van der Waals surface area contributed by atoms with Crippen molar-refractivity contribution in [2.75, 3.05) is 0 Å². The molecule has 1 aromatic rings. The average molecular weight is 246 g/mol. The second kappa shape index (κ2) is 5.53. The van der Waals surface area contributed by atoms with Gasteiger partial charge in [0.15, 0.2) is 0 Å². The summed E-state index contributed by atoms with van der Waals surface area (Å²) >= 11 is 0. The molecule has 1 aliphatic rings. The van der Waals surface area contributed by atoms with Crippen LogP contribution in [0.2, 0.25) is 0 Å². The van der Waals surface area contributed by atoms with E-state index in [1.54, 1.807) is 0 Å². The van der Waals surface area contributed by atoms with E-state index in [4.69, 9.17) is 5.73 Å². The Hall–Kier alpha value is -1.35. The second-order valence-corrected chi connectivity index (χ2v) is 5.43. The Labute approximate surface area is 109 Å². The SMILES string of the molecule is CC(C)C(NC1CCCc2ccccc21)C(N)=O. The van der Waals surface area contributed by atoms with Gasteiger partial charge < -0.3 is 5.73 Å². The molecule has 2 unspecified atom stereocenters. The molecule has 0 heterocycles. The van der Waals surface area contributed by atoms with Gasteiger partial charge in [0.25, 0.3) is 0 Å². The zero-order chi connectivity index (χ0) is 13.1. The van der Waals surface area contributed by atoms with E-state index in [2.05, 4.69) is 29.6 Å². The molecule has 0 saturated carbocycles. The third-order valence-electron chi connectivity index (χ3n) is 3.72. The molecule has 0 radical (unpaired) electrons. The third kappa shape index (κ3) is 2.72. The Bertz CT molecular complexity index is 428. The third-order valence-corrected chi connectivity index (χ3v) is 3.72. The van der Waals surface area contributed by atoms with E-state index < -0.39 is 0 Å². The molecular formula is C15H22N2O. The van der Waals surface area contributed by atoms with E-state index in [0.29, 0.717) is 0 Å². The van der Waals surface area contributed by atoms with E-state index in [1.807, 2.05) is 13.8 Å². The van der Waals surface area contributed by atoms with Crippen molar-refractivity contribution in [2.45, 2.75) is 45.2 Å². The molecule has 0 aliphatic heterocycles. The molecule has 2 atom stereocenters. The van der Waals surface area contributed by atoms with Crippen LogP contribution in [0.25, 0.3) is 0 Å². The van der Waals surface area contributed by atoms with Crippen LogP contribution in [0.3, 0.4) is 0 Å². The summed E-state index contributed by atoms with van der Waals surface area (Å²) < 4.78 is 0. The van der Waals surface area contributed by atoms with Crippen molar-refractivity contribution < 1.29 is 4.79 Å². The van der Waals surface area contributed by atoms with Gasteiger partial charge in [-0.15, -0.1) is 0 Å². The molecule has 0 fully saturated rings. The molecule has 0 saturated heterocycles. The summed E-state index contributed by atoms with van der Waals surface area (Å²) in [6.07, 6.45) is 3.38. The van der Waals surface area contributed by atoms with Crippen molar-refractivity contribution in [3.05, 3.63) is 35.4 Å². The van der Waals surface area contributed by atoms with Crippen LogP contribution in [-0.2, 0) is 11.2 Å². The van der Waals surface area contributed by atoms with Crippen LogP contribution in [0.4, 0.5) is 0 Å². The van der Waals surface area contributed by atoms with Crippen molar-refractivity contribution >= 4 is 5.91 Å². The number of hydrogen-bond donors (Lipinski definition) is 2. The first-order valence-corrected chi connectivity index (χ1v) is 6.72. The molecular weight excluding hydrogens is 224 g/mol. The number of aryl methyl sites for hydroxylation is 1. The smallest absolute Gasteiger partial charge is 0.234 e.